The molecule has 0 bridgehead atoms. The van der Waals surface area contributed by atoms with E-state index in [1.165, 1.54) is 5.56 Å². The van der Waals surface area contributed by atoms with E-state index in [2.05, 4.69) is 25.7 Å². The molecule has 1 aromatic carbocycles. The van der Waals surface area contributed by atoms with Crippen LogP contribution in [0.4, 0.5) is 0 Å². The molecule has 0 radical (unpaired) electrons. The van der Waals surface area contributed by atoms with E-state index in [0.29, 0.717) is 6.61 Å². The average molecular weight is 207 g/mol. The van der Waals surface area contributed by atoms with Crippen LogP contribution in [0.5, 0.6) is 0 Å². The summed E-state index contributed by atoms with van der Waals surface area (Å²) in [6.45, 7) is 9.54. The molecule has 0 aliphatic carbocycles. The van der Waals surface area contributed by atoms with Gasteiger partial charge in [-0.3, -0.25) is 0 Å². The highest BCUT2D eigenvalue weighted by atomic mass is 16.5. The summed E-state index contributed by atoms with van der Waals surface area (Å²) in [6, 6.07) is 10.3. The molecule has 15 heavy (non-hydrogen) atoms. The molecule has 0 saturated heterocycles. The van der Waals surface area contributed by atoms with Crippen LogP contribution in [0.15, 0.2) is 42.7 Å². The van der Waals surface area contributed by atoms with E-state index in [0.717, 1.165) is 12.3 Å². The zero-order valence-corrected chi connectivity index (χ0v) is 9.49. The predicted octanol–water partition coefficient (Wildman–Crippen LogP) is 2.96. The van der Waals surface area contributed by atoms with Gasteiger partial charge in [0.05, 0.1) is 6.04 Å². The van der Waals surface area contributed by atoms with Gasteiger partial charge in [0.2, 0.25) is 0 Å². The molecular weight excluding hydrogens is 186 g/mol. The summed E-state index contributed by atoms with van der Waals surface area (Å²) in [5.41, 5.74) is 1.17. The Morgan fingerprint density at radius 2 is 2.13 bits per heavy atom. The average Bonchev–Trinajstić information content (AvgIpc) is 2.27. The lowest BCUT2D eigenvalue weighted by Crippen LogP contribution is -2.28. The topological polar surface area (TPSA) is 21.3 Å². The number of nitrogens with one attached hydrogen (secondary N) is 1. The number of ether oxygens (including phenoxy) is 1. The summed E-state index contributed by atoms with van der Waals surface area (Å²) in [5, 5.41) is 3.26. The van der Waals surface area contributed by atoms with Gasteiger partial charge in [-0.25, -0.2) is 0 Å². The molecule has 0 aliphatic heterocycles. The van der Waals surface area contributed by atoms with E-state index >= 15 is 0 Å². The summed E-state index contributed by atoms with van der Waals surface area (Å²) in [7, 11) is 0. The Bertz CT molecular complexity index is 300. The van der Waals surface area contributed by atoms with Gasteiger partial charge >= 0.3 is 0 Å². The fraction of sp³-hybridized carbons (Fsp3) is 0.385. The number of likely N-dealkylation sites (N-methyl/N-ethyl adjacent to an activating group) is 1. The predicted molar refractivity (Wildman–Crippen MR) is 65.6 cm³/mol. The third-order valence-electron chi connectivity index (χ3n) is 2.26. The Hall–Kier alpha value is -1.28. The second-order valence-corrected chi connectivity index (χ2v) is 3.52. The summed E-state index contributed by atoms with van der Waals surface area (Å²) >= 11 is 0. The fourth-order valence-electron chi connectivity index (χ4n) is 1.30. The zero-order valence-electron chi connectivity index (χ0n) is 9.49. The lowest BCUT2D eigenvalue weighted by Gasteiger charge is -2.16. The maximum absolute atomic E-state index is 5.59. The molecule has 1 atom stereocenters. The maximum Gasteiger partial charge on any atom is 0.113 e. The van der Waals surface area contributed by atoms with Crippen LogP contribution in [0, 0.1) is 0 Å². The summed E-state index contributed by atoms with van der Waals surface area (Å²) in [6.07, 6.45) is 0. The zero-order chi connectivity index (χ0) is 11.1. The molecule has 0 unspecified atom stereocenters. The molecule has 1 N–H and O–H groups in total. The van der Waals surface area contributed by atoms with Gasteiger partial charge < -0.3 is 10.1 Å². The fourth-order valence-corrected chi connectivity index (χ4v) is 1.30. The van der Waals surface area contributed by atoms with Crippen LogP contribution in [-0.2, 0) is 11.3 Å². The molecule has 2 heteroatoms. The Balaban J connectivity index is 0.00000225. The van der Waals surface area contributed by atoms with Crippen molar-refractivity contribution in [3.05, 3.63) is 48.2 Å². The molecule has 84 valence electrons. The van der Waals surface area contributed by atoms with Crippen LogP contribution in [0.25, 0.3) is 0 Å². The van der Waals surface area contributed by atoms with E-state index in [1.807, 2.05) is 30.3 Å². The third kappa shape index (κ3) is 4.17. The van der Waals surface area contributed by atoms with Crippen molar-refractivity contribution in [1.82, 2.24) is 5.32 Å². The molecule has 0 amide bonds. The Morgan fingerprint density at radius 1 is 1.47 bits per heavy atom. The summed E-state index contributed by atoms with van der Waals surface area (Å²) in [4.78, 5) is 0. The second-order valence-electron chi connectivity index (χ2n) is 3.52. The van der Waals surface area contributed by atoms with E-state index in [-0.39, 0.29) is 7.47 Å². The molecule has 0 fully saturated rings. The van der Waals surface area contributed by atoms with Gasteiger partial charge in [-0.1, -0.05) is 43.8 Å². The summed E-state index contributed by atoms with van der Waals surface area (Å²) < 4.78 is 5.59. The maximum atomic E-state index is 5.59. The minimum atomic E-state index is 0. The van der Waals surface area contributed by atoms with Gasteiger partial charge in [0.25, 0.3) is 0 Å². The molecule has 0 heterocycles. The Kier molecular flexibility index (Phi) is 4.91. The second kappa shape index (κ2) is 6.25. The van der Waals surface area contributed by atoms with Gasteiger partial charge in [-0.2, -0.15) is 0 Å². The molecule has 0 aliphatic rings. The van der Waals surface area contributed by atoms with Crippen molar-refractivity contribution in [1.29, 1.82) is 0 Å². The third-order valence-corrected chi connectivity index (χ3v) is 2.26. The van der Waals surface area contributed by atoms with Gasteiger partial charge in [-0.15, -0.1) is 0 Å². The van der Waals surface area contributed by atoms with Crippen LogP contribution in [0.3, 0.4) is 0 Å². The largest absolute Gasteiger partial charge is 0.492 e. The smallest absolute Gasteiger partial charge is 0.113 e. The quantitative estimate of drug-likeness (QED) is 0.724. The Labute approximate surface area is 93.4 Å². The van der Waals surface area contributed by atoms with Crippen LogP contribution < -0.4 is 5.32 Å². The summed E-state index contributed by atoms with van der Waals surface area (Å²) in [5.74, 6) is 0.792. The van der Waals surface area contributed by atoms with Gasteiger partial charge in [-0.05, 0) is 19.0 Å². The minimum Gasteiger partial charge on any atom is -0.492 e. The van der Waals surface area contributed by atoms with E-state index in [9.17, 15) is 0 Å². The van der Waals surface area contributed by atoms with Crippen LogP contribution in [0.2, 0.25) is 0 Å². The lowest BCUT2D eigenvalue weighted by molar-refractivity contribution is 0.177. The highest BCUT2D eigenvalue weighted by Gasteiger charge is 2.05. The van der Waals surface area contributed by atoms with Crippen molar-refractivity contribution in [3.63, 3.8) is 0 Å². The van der Waals surface area contributed by atoms with Crippen LogP contribution >= 0.6 is 0 Å². The van der Waals surface area contributed by atoms with Crippen molar-refractivity contribution in [2.24, 2.45) is 0 Å². The van der Waals surface area contributed by atoms with Crippen molar-refractivity contribution in [2.45, 2.75) is 26.5 Å². The first-order valence-electron chi connectivity index (χ1n) is 5.33. The Morgan fingerprint density at radius 3 is 2.73 bits per heavy atom. The highest BCUT2D eigenvalue weighted by Crippen LogP contribution is 2.07. The first-order valence-corrected chi connectivity index (χ1v) is 5.33. The molecule has 1 aromatic rings. The first-order chi connectivity index (χ1) is 7.24. The van der Waals surface area contributed by atoms with Crippen molar-refractivity contribution in [2.75, 3.05) is 6.54 Å². The van der Waals surface area contributed by atoms with E-state index in [4.69, 9.17) is 4.74 Å². The standard InChI is InChI=1S/C13H19NO.H2/c1-4-14-11(2)12(3)15-10-13-8-6-5-7-9-13;/h5-9,11,14H,3-4,10H2,1-2H3;1H/t11-;/m0./s1. The number of rotatable bonds is 6. The SMILES string of the molecule is C=C(OCc1ccccc1)[C@H](C)NCC.[HH]. The van der Waals surface area contributed by atoms with Crippen molar-refractivity contribution >= 4 is 0 Å². The first kappa shape index (κ1) is 11.8. The molecule has 1 rings (SSSR count). The van der Waals surface area contributed by atoms with Gasteiger partial charge in [0.15, 0.2) is 0 Å². The van der Waals surface area contributed by atoms with Gasteiger partial charge in [0.1, 0.15) is 12.4 Å². The number of benzene rings is 1. The lowest BCUT2D eigenvalue weighted by atomic mass is 10.2. The van der Waals surface area contributed by atoms with Crippen LogP contribution in [-0.4, -0.2) is 12.6 Å². The monoisotopic (exact) mass is 207 g/mol. The molecule has 2 nitrogen and oxygen atoms in total. The number of hydrogen-bond donors (Lipinski definition) is 1. The van der Waals surface area contributed by atoms with Gasteiger partial charge in [0, 0.05) is 1.43 Å². The molecule has 0 aromatic heterocycles. The minimum absolute atomic E-state index is 0. The van der Waals surface area contributed by atoms with Crippen LogP contribution in [0.1, 0.15) is 20.8 Å². The van der Waals surface area contributed by atoms with Crippen molar-refractivity contribution < 1.29 is 6.16 Å². The van der Waals surface area contributed by atoms with Crippen molar-refractivity contribution in [3.8, 4) is 0 Å². The highest BCUT2D eigenvalue weighted by molar-refractivity contribution is 5.14. The molecular formula is C13H21NO. The van der Waals surface area contributed by atoms with E-state index < -0.39 is 0 Å². The normalized spacial score (nSPS) is 12.1. The molecule has 0 saturated carbocycles. The number of hydrogen-bond acceptors (Lipinski definition) is 2. The molecule has 0 spiro atoms. The van der Waals surface area contributed by atoms with E-state index in [1.54, 1.807) is 0 Å².